The molecule has 4 nitrogen and oxygen atoms in total. The number of carboxylic acid groups (broad SMARTS) is 1. The number of carbonyl (C=O) groups excluding carboxylic acids is 1. The Morgan fingerprint density at radius 1 is 1.45 bits per heavy atom. The lowest BCUT2D eigenvalue weighted by Crippen LogP contribution is -2.03. The minimum atomic E-state index is -1.25. The molecule has 0 aliphatic rings. The molecule has 1 aromatic heterocycles. The van der Waals surface area contributed by atoms with Crippen LogP contribution in [0, 0.1) is 5.82 Å². The summed E-state index contributed by atoms with van der Waals surface area (Å²) in [6.07, 6.45) is 0.247. The maximum absolute atomic E-state index is 12.9. The molecular weight excluding hydrogens is 305 g/mol. The smallest absolute Gasteiger partial charge is 0.356 e. The highest BCUT2D eigenvalue weighted by Crippen LogP contribution is 2.25. The third kappa shape index (κ3) is 3.02. The molecule has 0 amide bonds. The lowest BCUT2D eigenvalue weighted by molar-refractivity contribution is 0.0687. The van der Waals surface area contributed by atoms with Gasteiger partial charge in [0, 0.05) is 18.4 Å². The maximum Gasteiger partial charge on any atom is 0.356 e. The van der Waals surface area contributed by atoms with Gasteiger partial charge in [0.15, 0.2) is 11.5 Å². The lowest BCUT2D eigenvalue weighted by atomic mass is 10.1. The number of rotatable bonds is 4. The summed E-state index contributed by atoms with van der Waals surface area (Å²) in [5, 5.41) is 9.68. The van der Waals surface area contributed by atoms with Gasteiger partial charge >= 0.3 is 5.97 Å². The molecule has 0 radical (unpaired) electrons. The van der Waals surface area contributed by atoms with E-state index in [0.29, 0.717) is 10.6 Å². The van der Waals surface area contributed by atoms with Crippen molar-refractivity contribution in [1.82, 2.24) is 4.98 Å². The Morgan fingerprint density at radius 3 is 2.65 bits per heavy atom. The third-order valence-corrected chi connectivity index (χ3v) is 4.06. The van der Waals surface area contributed by atoms with Crippen LogP contribution in [0.1, 0.15) is 37.7 Å². The number of halogens is 2. The molecule has 2 rings (SSSR count). The average Bonchev–Trinajstić information content (AvgIpc) is 2.77. The van der Waals surface area contributed by atoms with Gasteiger partial charge in [-0.05, 0) is 17.7 Å². The number of aromatic carboxylic acids is 1. The van der Waals surface area contributed by atoms with Crippen molar-refractivity contribution in [2.45, 2.75) is 13.3 Å². The topological polar surface area (TPSA) is 67.3 Å². The van der Waals surface area contributed by atoms with Gasteiger partial charge < -0.3 is 5.11 Å². The van der Waals surface area contributed by atoms with E-state index in [2.05, 4.69) is 4.98 Å². The molecule has 1 N–H and O–H groups in total. The van der Waals surface area contributed by atoms with Gasteiger partial charge in [-0.2, -0.15) is 0 Å². The van der Waals surface area contributed by atoms with Crippen LogP contribution in [0.25, 0.3) is 0 Å². The van der Waals surface area contributed by atoms with Crippen LogP contribution in [-0.2, 0) is 6.42 Å². The van der Waals surface area contributed by atoms with E-state index in [-0.39, 0.29) is 27.8 Å². The first-order valence-corrected chi connectivity index (χ1v) is 6.75. The van der Waals surface area contributed by atoms with Crippen LogP contribution in [0.2, 0.25) is 5.02 Å². The predicted molar refractivity (Wildman–Crippen MR) is 73.3 cm³/mol. The molecule has 1 heterocycles. The van der Waals surface area contributed by atoms with E-state index in [1.807, 2.05) is 0 Å². The van der Waals surface area contributed by atoms with Gasteiger partial charge in [-0.15, -0.1) is 11.3 Å². The van der Waals surface area contributed by atoms with Crippen LogP contribution in [0.15, 0.2) is 18.2 Å². The quantitative estimate of drug-likeness (QED) is 0.878. The van der Waals surface area contributed by atoms with Crippen molar-refractivity contribution in [3.05, 3.63) is 50.2 Å². The summed E-state index contributed by atoms with van der Waals surface area (Å²) < 4.78 is 12.9. The zero-order valence-corrected chi connectivity index (χ0v) is 11.9. The fourth-order valence-corrected chi connectivity index (χ4v) is 2.86. The standard InChI is InChI=1S/C13H9ClFNO3S/c1-6(17)12-11(13(18)19)16-10(20-12)4-7-2-3-8(15)5-9(7)14/h2-3,5H,4H2,1H3,(H,18,19). The number of nitrogens with zero attached hydrogens (tertiary/aromatic N) is 1. The van der Waals surface area contributed by atoms with E-state index in [1.54, 1.807) is 0 Å². The molecular formula is C13H9ClFNO3S. The number of hydrogen-bond acceptors (Lipinski definition) is 4. The normalized spacial score (nSPS) is 10.6. The minimum absolute atomic E-state index is 0.103. The molecule has 0 aliphatic carbocycles. The fourth-order valence-electron chi connectivity index (χ4n) is 1.65. The summed E-state index contributed by atoms with van der Waals surface area (Å²) in [4.78, 5) is 26.4. The van der Waals surface area contributed by atoms with Gasteiger partial charge in [-0.1, -0.05) is 17.7 Å². The Hall–Kier alpha value is -1.79. The van der Waals surface area contributed by atoms with Crippen molar-refractivity contribution in [3.8, 4) is 0 Å². The summed E-state index contributed by atoms with van der Waals surface area (Å²) in [5.41, 5.74) is 0.365. The molecule has 104 valence electrons. The summed E-state index contributed by atoms with van der Waals surface area (Å²) in [6, 6.07) is 3.94. The summed E-state index contributed by atoms with van der Waals surface area (Å²) in [7, 11) is 0. The molecule has 0 bridgehead atoms. The number of Topliss-reactive ketones (excluding diaryl/α,β-unsaturated/α-hetero) is 1. The van der Waals surface area contributed by atoms with Crippen LogP contribution in [0.3, 0.4) is 0 Å². The van der Waals surface area contributed by atoms with Gasteiger partial charge in [0.05, 0.1) is 5.01 Å². The van der Waals surface area contributed by atoms with Crippen molar-refractivity contribution in [2.24, 2.45) is 0 Å². The van der Waals surface area contributed by atoms with Crippen LogP contribution >= 0.6 is 22.9 Å². The molecule has 0 saturated heterocycles. The number of benzene rings is 1. The van der Waals surface area contributed by atoms with Crippen LogP contribution in [-0.4, -0.2) is 21.8 Å². The van der Waals surface area contributed by atoms with E-state index in [4.69, 9.17) is 16.7 Å². The van der Waals surface area contributed by atoms with Gasteiger partial charge in [0.25, 0.3) is 0 Å². The molecule has 20 heavy (non-hydrogen) atoms. The molecule has 0 atom stereocenters. The second-order valence-electron chi connectivity index (χ2n) is 4.06. The largest absolute Gasteiger partial charge is 0.476 e. The fraction of sp³-hybridized carbons (Fsp3) is 0.154. The Kier molecular flexibility index (Phi) is 4.15. The molecule has 2 aromatic rings. The molecule has 0 spiro atoms. The minimum Gasteiger partial charge on any atom is -0.476 e. The van der Waals surface area contributed by atoms with E-state index < -0.39 is 11.8 Å². The molecule has 0 fully saturated rings. The summed E-state index contributed by atoms with van der Waals surface area (Å²) in [5.74, 6) is -2.05. The van der Waals surface area contributed by atoms with Crippen molar-refractivity contribution >= 4 is 34.7 Å². The van der Waals surface area contributed by atoms with Gasteiger partial charge in [-0.25, -0.2) is 14.2 Å². The number of ketones is 1. The Balaban J connectivity index is 2.37. The Labute approximate surface area is 122 Å². The molecule has 7 heteroatoms. The zero-order valence-electron chi connectivity index (χ0n) is 10.3. The van der Waals surface area contributed by atoms with Crippen molar-refractivity contribution in [1.29, 1.82) is 0 Å². The summed E-state index contributed by atoms with van der Waals surface area (Å²) in [6.45, 7) is 1.29. The van der Waals surface area contributed by atoms with E-state index >= 15 is 0 Å². The van der Waals surface area contributed by atoms with Gasteiger partial charge in [0.2, 0.25) is 0 Å². The molecule has 0 saturated carbocycles. The number of aromatic nitrogens is 1. The second kappa shape index (κ2) is 5.68. The van der Waals surface area contributed by atoms with Crippen LogP contribution in [0.4, 0.5) is 4.39 Å². The lowest BCUT2D eigenvalue weighted by Gasteiger charge is -2.01. The Morgan fingerprint density at radius 2 is 2.15 bits per heavy atom. The molecule has 0 aliphatic heterocycles. The van der Waals surface area contributed by atoms with Gasteiger partial charge in [-0.3, -0.25) is 4.79 Å². The van der Waals surface area contributed by atoms with Crippen molar-refractivity contribution in [2.75, 3.05) is 0 Å². The monoisotopic (exact) mass is 313 g/mol. The number of hydrogen-bond donors (Lipinski definition) is 1. The predicted octanol–water partition coefficient (Wildman–Crippen LogP) is 3.43. The Bertz CT molecular complexity index is 667. The number of thiazole rings is 1. The van der Waals surface area contributed by atoms with Crippen molar-refractivity contribution < 1.29 is 19.1 Å². The summed E-state index contributed by atoms with van der Waals surface area (Å²) >= 11 is 6.91. The SMILES string of the molecule is CC(=O)c1sc(Cc2ccc(F)cc2Cl)nc1C(=O)O. The van der Waals surface area contributed by atoms with Crippen LogP contribution < -0.4 is 0 Å². The number of carboxylic acids is 1. The first-order chi connectivity index (χ1) is 9.38. The number of carbonyl (C=O) groups is 2. The highest BCUT2D eigenvalue weighted by Gasteiger charge is 2.20. The van der Waals surface area contributed by atoms with Gasteiger partial charge in [0.1, 0.15) is 10.7 Å². The highest BCUT2D eigenvalue weighted by atomic mass is 35.5. The molecule has 0 unspecified atom stereocenters. The van der Waals surface area contributed by atoms with Crippen molar-refractivity contribution in [3.63, 3.8) is 0 Å². The zero-order chi connectivity index (χ0) is 14.9. The third-order valence-electron chi connectivity index (χ3n) is 2.55. The van der Waals surface area contributed by atoms with Crippen LogP contribution in [0.5, 0.6) is 0 Å². The highest BCUT2D eigenvalue weighted by molar-refractivity contribution is 7.14. The van der Waals surface area contributed by atoms with E-state index in [9.17, 15) is 14.0 Å². The first-order valence-electron chi connectivity index (χ1n) is 5.56. The average molecular weight is 314 g/mol. The van der Waals surface area contributed by atoms with E-state index in [0.717, 1.165) is 11.3 Å². The second-order valence-corrected chi connectivity index (χ2v) is 5.55. The maximum atomic E-state index is 12.9. The molecule has 1 aromatic carbocycles. The first kappa shape index (κ1) is 14.6. The van der Waals surface area contributed by atoms with E-state index in [1.165, 1.54) is 25.1 Å².